The van der Waals surface area contributed by atoms with Gasteiger partial charge in [-0.15, -0.1) is 0 Å². The molecule has 0 fully saturated rings. The van der Waals surface area contributed by atoms with E-state index in [1.165, 1.54) is 0 Å². The van der Waals surface area contributed by atoms with Gasteiger partial charge in [-0.3, -0.25) is 0 Å². The second-order valence-corrected chi connectivity index (χ2v) is 4.59. The zero-order chi connectivity index (χ0) is 10.5. The molecule has 2 nitrogen and oxygen atoms in total. The minimum absolute atomic E-state index is 0.206. The number of rotatable bonds is 5. The first-order valence-electron chi connectivity index (χ1n) is 5.28. The van der Waals surface area contributed by atoms with Crippen molar-refractivity contribution < 1.29 is 4.74 Å². The Balaban J connectivity index is 4.23. The lowest BCUT2D eigenvalue weighted by Crippen LogP contribution is -2.46. The summed E-state index contributed by atoms with van der Waals surface area (Å²) >= 11 is 0. The Labute approximate surface area is 83.1 Å². The monoisotopic (exact) mass is 187 g/mol. The van der Waals surface area contributed by atoms with Gasteiger partial charge in [0.05, 0.1) is 6.10 Å². The predicted molar refractivity (Wildman–Crippen MR) is 58.0 cm³/mol. The van der Waals surface area contributed by atoms with Gasteiger partial charge in [-0.05, 0) is 25.8 Å². The van der Waals surface area contributed by atoms with Crippen LogP contribution < -0.4 is 5.32 Å². The second-order valence-electron chi connectivity index (χ2n) is 4.59. The van der Waals surface area contributed by atoms with Crippen LogP contribution >= 0.6 is 0 Å². The van der Waals surface area contributed by atoms with Gasteiger partial charge in [0, 0.05) is 12.6 Å². The molecule has 0 aromatic heterocycles. The Hall–Kier alpha value is -0.0800. The average molecular weight is 187 g/mol. The predicted octanol–water partition coefficient (Wildman–Crippen LogP) is 2.44. The van der Waals surface area contributed by atoms with Gasteiger partial charge in [-0.1, -0.05) is 27.7 Å². The van der Waals surface area contributed by atoms with E-state index in [0.717, 1.165) is 13.2 Å². The normalized spacial score (nSPS) is 17.1. The van der Waals surface area contributed by atoms with Crippen molar-refractivity contribution in [1.82, 2.24) is 5.32 Å². The molecule has 0 heterocycles. The third kappa shape index (κ3) is 4.63. The maximum Gasteiger partial charge on any atom is 0.0773 e. The lowest BCUT2D eigenvalue weighted by molar-refractivity contribution is -0.0313. The molecule has 0 aliphatic rings. The fraction of sp³-hybridized carbons (Fsp3) is 1.00. The van der Waals surface area contributed by atoms with E-state index in [0.29, 0.717) is 6.04 Å². The molecule has 0 aliphatic carbocycles. The molecule has 0 bridgehead atoms. The lowest BCUT2D eigenvalue weighted by atomic mass is 9.85. The van der Waals surface area contributed by atoms with Crippen molar-refractivity contribution in [2.24, 2.45) is 5.41 Å². The molecule has 80 valence electrons. The third-order valence-electron chi connectivity index (χ3n) is 2.18. The van der Waals surface area contributed by atoms with Gasteiger partial charge >= 0.3 is 0 Å². The SMILES string of the molecule is CCNC(C)C(OCC)C(C)(C)C. The summed E-state index contributed by atoms with van der Waals surface area (Å²) in [5.41, 5.74) is 0.206. The van der Waals surface area contributed by atoms with Crippen LogP contribution in [-0.4, -0.2) is 25.3 Å². The van der Waals surface area contributed by atoms with Crippen molar-refractivity contribution in [3.8, 4) is 0 Å². The molecule has 0 aromatic rings. The van der Waals surface area contributed by atoms with Crippen molar-refractivity contribution in [2.75, 3.05) is 13.2 Å². The fourth-order valence-corrected chi connectivity index (χ4v) is 1.75. The Bertz CT molecular complexity index is 129. The molecule has 0 radical (unpaired) electrons. The zero-order valence-corrected chi connectivity index (χ0v) is 9.98. The highest BCUT2D eigenvalue weighted by Gasteiger charge is 2.29. The molecule has 2 unspecified atom stereocenters. The summed E-state index contributed by atoms with van der Waals surface area (Å²) in [6.45, 7) is 14.8. The molecule has 0 spiro atoms. The number of nitrogens with one attached hydrogen (secondary N) is 1. The molecule has 0 saturated heterocycles. The van der Waals surface area contributed by atoms with Crippen LogP contribution in [0.4, 0.5) is 0 Å². The maximum absolute atomic E-state index is 5.76. The van der Waals surface area contributed by atoms with Gasteiger partial charge < -0.3 is 10.1 Å². The summed E-state index contributed by atoms with van der Waals surface area (Å²) in [6.07, 6.45) is 0.289. The summed E-state index contributed by atoms with van der Waals surface area (Å²) in [6, 6.07) is 0.421. The molecule has 13 heavy (non-hydrogen) atoms. The molecule has 0 rings (SSSR count). The van der Waals surface area contributed by atoms with Gasteiger partial charge in [0.2, 0.25) is 0 Å². The van der Waals surface area contributed by atoms with Crippen molar-refractivity contribution in [1.29, 1.82) is 0 Å². The summed E-state index contributed by atoms with van der Waals surface area (Å²) in [7, 11) is 0. The number of hydrogen-bond donors (Lipinski definition) is 1. The van der Waals surface area contributed by atoms with E-state index in [9.17, 15) is 0 Å². The first kappa shape index (κ1) is 12.9. The molecule has 0 aliphatic heterocycles. The Kier molecular flexibility index (Phi) is 5.57. The number of hydrogen-bond acceptors (Lipinski definition) is 2. The van der Waals surface area contributed by atoms with E-state index < -0.39 is 0 Å². The summed E-state index contributed by atoms with van der Waals surface area (Å²) in [5, 5.41) is 3.41. The highest BCUT2D eigenvalue weighted by Crippen LogP contribution is 2.24. The minimum Gasteiger partial charge on any atom is -0.376 e. The van der Waals surface area contributed by atoms with E-state index >= 15 is 0 Å². The number of ether oxygens (including phenoxy) is 1. The van der Waals surface area contributed by atoms with Crippen LogP contribution in [0.3, 0.4) is 0 Å². The molecule has 2 atom stereocenters. The quantitative estimate of drug-likeness (QED) is 0.714. The standard InChI is InChI=1S/C11H25NO/c1-7-12-9(3)10(13-8-2)11(4,5)6/h9-10,12H,7-8H2,1-6H3. The smallest absolute Gasteiger partial charge is 0.0773 e. The van der Waals surface area contributed by atoms with Crippen LogP contribution in [0.1, 0.15) is 41.5 Å². The summed E-state index contributed by atoms with van der Waals surface area (Å²) in [5.74, 6) is 0. The van der Waals surface area contributed by atoms with Crippen LogP contribution in [0.15, 0.2) is 0 Å². The van der Waals surface area contributed by atoms with E-state index in [2.05, 4.69) is 46.9 Å². The molecule has 1 N–H and O–H groups in total. The van der Waals surface area contributed by atoms with Crippen molar-refractivity contribution in [3.05, 3.63) is 0 Å². The van der Waals surface area contributed by atoms with Gasteiger partial charge in [-0.2, -0.15) is 0 Å². The number of likely N-dealkylation sites (N-methyl/N-ethyl adjacent to an activating group) is 1. The van der Waals surface area contributed by atoms with Crippen LogP contribution in [0.25, 0.3) is 0 Å². The van der Waals surface area contributed by atoms with Crippen LogP contribution in [0, 0.1) is 5.41 Å². The van der Waals surface area contributed by atoms with Crippen molar-refractivity contribution in [2.45, 2.75) is 53.7 Å². The molecular formula is C11H25NO. The van der Waals surface area contributed by atoms with Crippen molar-refractivity contribution in [3.63, 3.8) is 0 Å². The molecule has 2 heteroatoms. The minimum atomic E-state index is 0.206. The zero-order valence-electron chi connectivity index (χ0n) is 9.98. The highest BCUT2D eigenvalue weighted by molar-refractivity contribution is 4.83. The lowest BCUT2D eigenvalue weighted by Gasteiger charge is -2.35. The van der Waals surface area contributed by atoms with E-state index in [-0.39, 0.29) is 11.5 Å². The largest absolute Gasteiger partial charge is 0.376 e. The average Bonchev–Trinajstić information content (AvgIpc) is 1.98. The Morgan fingerprint density at radius 2 is 1.77 bits per heavy atom. The second kappa shape index (κ2) is 5.61. The summed E-state index contributed by atoms with van der Waals surface area (Å²) < 4.78 is 5.76. The van der Waals surface area contributed by atoms with Crippen molar-refractivity contribution >= 4 is 0 Å². The molecular weight excluding hydrogens is 162 g/mol. The van der Waals surface area contributed by atoms with E-state index in [1.807, 2.05) is 0 Å². The third-order valence-corrected chi connectivity index (χ3v) is 2.18. The van der Waals surface area contributed by atoms with E-state index in [1.54, 1.807) is 0 Å². The highest BCUT2D eigenvalue weighted by atomic mass is 16.5. The van der Waals surface area contributed by atoms with Crippen LogP contribution in [0.2, 0.25) is 0 Å². The van der Waals surface area contributed by atoms with Crippen LogP contribution in [0.5, 0.6) is 0 Å². The Morgan fingerprint density at radius 1 is 1.23 bits per heavy atom. The first-order chi connectivity index (χ1) is 5.93. The van der Waals surface area contributed by atoms with E-state index in [4.69, 9.17) is 4.74 Å². The fourth-order valence-electron chi connectivity index (χ4n) is 1.75. The molecule has 0 aromatic carbocycles. The van der Waals surface area contributed by atoms with Gasteiger partial charge in [0.25, 0.3) is 0 Å². The maximum atomic E-state index is 5.76. The summed E-state index contributed by atoms with van der Waals surface area (Å²) in [4.78, 5) is 0. The molecule has 0 amide bonds. The topological polar surface area (TPSA) is 21.3 Å². The molecule has 0 saturated carbocycles. The van der Waals surface area contributed by atoms with Gasteiger partial charge in [-0.25, -0.2) is 0 Å². The van der Waals surface area contributed by atoms with Gasteiger partial charge in [0.1, 0.15) is 0 Å². The van der Waals surface area contributed by atoms with Crippen LogP contribution in [-0.2, 0) is 4.74 Å². The van der Waals surface area contributed by atoms with Gasteiger partial charge in [0.15, 0.2) is 0 Å². The Morgan fingerprint density at radius 3 is 2.08 bits per heavy atom. The first-order valence-corrected chi connectivity index (χ1v) is 5.28.